The molecule has 0 unspecified atom stereocenters. The molecule has 3 nitrogen and oxygen atoms in total. The van der Waals surface area contributed by atoms with Gasteiger partial charge in [0.1, 0.15) is 4.64 Å². The number of para-hydroxylation sites is 1. The van der Waals surface area contributed by atoms with Crippen LogP contribution in [0.5, 0.6) is 0 Å². The first-order chi connectivity index (χ1) is 8.36. The van der Waals surface area contributed by atoms with E-state index in [0.29, 0.717) is 4.64 Å². The van der Waals surface area contributed by atoms with Gasteiger partial charge in [0.25, 0.3) is 0 Å². The highest BCUT2D eigenvalue weighted by Gasteiger charge is 2.05. The molecule has 0 aliphatic heterocycles. The molecule has 0 saturated carbocycles. The second-order valence-electron chi connectivity index (χ2n) is 3.68. The third-order valence-corrected chi connectivity index (χ3v) is 2.98. The summed E-state index contributed by atoms with van der Waals surface area (Å²) in [5.74, 6) is 0. The molecule has 2 heterocycles. The smallest absolute Gasteiger partial charge is 0.113 e. The Balaban J connectivity index is 2.39. The summed E-state index contributed by atoms with van der Waals surface area (Å²) < 4.78 is 0.679. The topological polar surface area (TPSA) is 41.6 Å². The Kier molecular flexibility index (Phi) is 2.42. The highest BCUT2D eigenvalue weighted by Crippen LogP contribution is 2.26. The fourth-order valence-electron chi connectivity index (χ4n) is 1.86. The average Bonchev–Trinajstić information content (AvgIpc) is 2.39. The Hall–Kier alpha value is -2.07. The molecule has 0 aliphatic rings. The fraction of sp³-hybridized carbons (Fsp3) is 0. The third kappa shape index (κ3) is 1.72. The Morgan fingerprint density at radius 1 is 1.06 bits per heavy atom. The van der Waals surface area contributed by atoms with Gasteiger partial charge in [0.2, 0.25) is 0 Å². The van der Waals surface area contributed by atoms with Crippen LogP contribution in [0.2, 0.25) is 0 Å². The van der Waals surface area contributed by atoms with Crippen molar-refractivity contribution in [3.63, 3.8) is 0 Å². The van der Waals surface area contributed by atoms with Gasteiger partial charge in [-0.3, -0.25) is 4.98 Å². The standard InChI is InChI=1S/C13H9N3S/c17-13-11(7-14-8-16-13)10-5-1-3-9-4-2-6-15-12(9)10/h1-8H,(H,14,16,17). The number of hydrogen-bond acceptors (Lipinski definition) is 3. The minimum atomic E-state index is 0.679. The van der Waals surface area contributed by atoms with Crippen molar-refractivity contribution < 1.29 is 0 Å². The molecule has 0 fully saturated rings. The van der Waals surface area contributed by atoms with Crippen molar-refractivity contribution in [2.24, 2.45) is 0 Å². The Bertz CT molecular complexity index is 728. The quantitative estimate of drug-likeness (QED) is 0.662. The summed E-state index contributed by atoms with van der Waals surface area (Å²) in [6, 6.07) is 10.0. The summed E-state index contributed by atoms with van der Waals surface area (Å²) in [6.45, 7) is 0. The van der Waals surface area contributed by atoms with Crippen molar-refractivity contribution >= 4 is 23.1 Å². The molecule has 0 saturated heterocycles. The number of aromatic amines is 1. The number of hydrogen-bond donors (Lipinski definition) is 1. The summed E-state index contributed by atoms with van der Waals surface area (Å²) in [6.07, 6.45) is 5.14. The van der Waals surface area contributed by atoms with E-state index in [0.717, 1.165) is 22.0 Å². The molecule has 0 atom stereocenters. The normalized spacial score (nSPS) is 10.6. The minimum Gasteiger partial charge on any atom is -0.337 e. The van der Waals surface area contributed by atoms with Gasteiger partial charge in [-0.15, -0.1) is 0 Å². The maximum atomic E-state index is 5.27. The van der Waals surface area contributed by atoms with Crippen LogP contribution < -0.4 is 0 Å². The Morgan fingerprint density at radius 3 is 2.82 bits per heavy atom. The molecule has 0 amide bonds. The lowest BCUT2D eigenvalue weighted by atomic mass is 10.1. The van der Waals surface area contributed by atoms with Crippen LogP contribution in [0.4, 0.5) is 0 Å². The predicted molar refractivity (Wildman–Crippen MR) is 70.2 cm³/mol. The monoisotopic (exact) mass is 239 g/mol. The van der Waals surface area contributed by atoms with Gasteiger partial charge in [-0.25, -0.2) is 4.98 Å². The van der Waals surface area contributed by atoms with Crippen LogP contribution in [-0.4, -0.2) is 15.0 Å². The van der Waals surface area contributed by atoms with Gasteiger partial charge in [-0.1, -0.05) is 36.5 Å². The van der Waals surface area contributed by atoms with Gasteiger partial charge in [-0.05, 0) is 6.07 Å². The molecule has 0 radical (unpaired) electrons. The van der Waals surface area contributed by atoms with E-state index >= 15 is 0 Å². The van der Waals surface area contributed by atoms with E-state index in [1.807, 2.05) is 30.3 Å². The van der Waals surface area contributed by atoms with E-state index < -0.39 is 0 Å². The lowest BCUT2D eigenvalue weighted by Gasteiger charge is -2.04. The van der Waals surface area contributed by atoms with Crippen molar-refractivity contribution in [1.29, 1.82) is 0 Å². The zero-order valence-corrected chi connectivity index (χ0v) is 9.74. The van der Waals surface area contributed by atoms with Gasteiger partial charge >= 0.3 is 0 Å². The zero-order valence-electron chi connectivity index (χ0n) is 8.92. The summed E-state index contributed by atoms with van der Waals surface area (Å²) in [7, 11) is 0. The summed E-state index contributed by atoms with van der Waals surface area (Å²) >= 11 is 5.27. The second kappa shape index (κ2) is 4.07. The molecule has 4 heteroatoms. The first-order valence-electron chi connectivity index (χ1n) is 5.23. The molecule has 1 aromatic carbocycles. The summed E-state index contributed by atoms with van der Waals surface area (Å²) in [5, 5.41) is 1.10. The lowest BCUT2D eigenvalue weighted by molar-refractivity contribution is 1.15. The maximum absolute atomic E-state index is 5.27. The molecule has 0 bridgehead atoms. The van der Waals surface area contributed by atoms with Crippen LogP contribution in [0.25, 0.3) is 22.0 Å². The Morgan fingerprint density at radius 2 is 1.94 bits per heavy atom. The number of fused-ring (bicyclic) bond motifs is 1. The number of benzene rings is 1. The molecule has 0 spiro atoms. The number of H-pyrrole nitrogens is 1. The molecule has 3 aromatic rings. The van der Waals surface area contributed by atoms with Crippen molar-refractivity contribution in [2.45, 2.75) is 0 Å². The van der Waals surface area contributed by atoms with E-state index in [4.69, 9.17) is 12.2 Å². The molecule has 3 rings (SSSR count). The van der Waals surface area contributed by atoms with Crippen molar-refractivity contribution in [3.8, 4) is 11.1 Å². The predicted octanol–water partition coefficient (Wildman–Crippen LogP) is 3.35. The van der Waals surface area contributed by atoms with E-state index in [1.54, 1.807) is 18.7 Å². The molecule has 0 aliphatic carbocycles. The van der Waals surface area contributed by atoms with Crippen molar-refractivity contribution in [3.05, 3.63) is 53.7 Å². The molecular formula is C13H9N3S. The third-order valence-electron chi connectivity index (χ3n) is 2.64. The average molecular weight is 239 g/mol. The van der Waals surface area contributed by atoms with Crippen LogP contribution in [0, 0.1) is 4.64 Å². The number of pyridine rings is 1. The Labute approximate surface area is 103 Å². The van der Waals surface area contributed by atoms with Crippen LogP contribution >= 0.6 is 12.2 Å². The van der Waals surface area contributed by atoms with Crippen LogP contribution in [-0.2, 0) is 0 Å². The summed E-state index contributed by atoms with van der Waals surface area (Å²) in [4.78, 5) is 11.4. The molecular weight excluding hydrogens is 230 g/mol. The largest absolute Gasteiger partial charge is 0.337 e. The zero-order chi connectivity index (χ0) is 11.7. The van der Waals surface area contributed by atoms with Gasteiger partial charge in [0.15, 0.2) is 0 Å². The van der Waals surface area contributed by atoms with Gasteiger partial charge in [-0.2, -0.15) is 0 Å². The molecule has 17 heavy (non-hydrogen) atoms. The number of rotatable bonds is 1. The molecule has 82 valence electrons. The number of aromatic nitrogens is 3. The molecule has 2 aromatic heterocycles. The van der Waals surface area contributed by atoms with Crippen molar-refractivity contribution in [2.75, 3.05) is 0 Å². The van der Waals surface area contributed by atoms with Crippen LogP contribution in [0.3, 0.4) is 0 Å². The second-order valence-corrected chi connectivity index (χ2v) is 4.08. The van der Waals surface area contributed by atoms with Gasteiger partial charge in [0, 0.05) is 28.9 Å². The fourth-order valence-corrected chi connectivity index (χ4v) is 2.07. The highest BCUT2D eigenvalue weighted by atomic mass is 32.1. The van der Waals surface area contributed by atoms with Gasteiger partial charge < -0.3 is 4.98 Å². The van der Waals surface area contributed by atoms with Crippen LogP contribution in [0.15, 0.2) is 49.1 Å². The SMILES string of the molecule is S=c1[nH]cncc1-c1cccc2cccnc12. The number of nitrogens with zero attached hydrogens (tertiary/aromatic N) is 2. The van der Waals surface area contributed by atoms with Crippen molar-refractivity contribution in [1.82, 2.24) is 15.0 Å². The van der Waals surface area contributed by atoms with Crippen LogP contribution in [0.1, 0.15) is 0 Å². The lowest BCUT2D eigenvalue weighted by Crippen LogP contribution is -1.88. The van der Waals surface area contributed by atoms with E-state index in [-0.39, 0.29) is 0 Å². The minimum absolute atomic E-state index is 0.679. The maximum Gasteiger partial charge on any atom is 0.113 e. The van der Waals surface area contributed by atoms with E-state index in [9.17, 15) is 0 Å². The highest BCUT2D eigenvalue weighted by molar-refractivity contribution is 7.71. The molecule has 1 N–H and O–H groups in total. The van der Waals surface area contributed by atoms with E-state index in [2.05, 4.69) is 15.0 Å². The van der Waals surface area contributed by atoms with E-state index in [1.165, 1.54) is 0 Å². The first-order valence-corrected chi connectivity index (χ1v) is 5.64. The van der Waals surface area contributed by atoms with Gasteiger partial charge in [0.05, 0.1) is 11.8 Å². The summed E-state index contributed by atoms with van der Waals surface area (Å²) in [5.41, 5.74) is 2.87. The number of nitrogens with one attached hydrogen (secondary N) is 1. The first kappa shape index (κ1) is 10.1.